The van der Waals surface area contributed by atoms with Gasteiger partial charge in [0.25, 0.3) is 0 Å². The third-order valence-corrected chi connectivity index (χ3v) is 16.5. The van der Waals surface area contributed by atoms with Gasteiger partial charge in [0, 0.05) is 48.9 Å². The van der Waals surface area contributed by atoms with Gasteiger partial charge in [-0.2, -0.15) is 0 Å². The lowest BCUT2D eigenvalue weighted by Gasteiger charge is -2.61. The van der Waals surface area contributed by atoms with E-state index in [2.05, 4.69) is 140 Å². The highest BCUT2D eigenvalue weighted by Crippen LogP contribution is 2.71. The molecule has 17 rings (SSSR count). The largest absolute Gasteiger partial charge is 0.455 e. The zero-order valence-corrected chi connectivity index (χ0v) is 36.5. The molecule has 8 aromatic carbocycles. The molecule has 4 heterocycles. The van der Waals surface area contributed by atoms with Crippen molar-refractivity contribution in [2.45, 2.75) is 37.5 Å². The number of nitrogens with zero attached hydrogens (tertiary/aromatic N) is 3. The monoisotopic (exact) mass is 863 g/mol. The molecule has 0 unspecified atom stereocenters. The van der Waals surface area contributed by atoms with E-state index in [0.717, 1.165) is 99.9 Å². The zero-order valence-electron chi connectivity index (χ0n) is 36.5. The minimum absolute atomic E-state index is 0.0815. The maximum atomic E-state index is 7.12. The second-order valence-electron chi connectivity index (χ2n) is 19.8. The summed E-state index contributed by atoms with van der Waals surface area (Å²) in [5.41, 5.74) is 15.5. The minimum Gasteiger partial charge on any atom is -0.455 e. The standard InChI is InChI=1S/C61H41N3O3/c1-5-22-49-39(14-1)47-32-48-42-17-4-8-25-52(42)67-57(48)53(54(47)61(49)37-27-33-26-34(29-37)30-38(61)28-33)35-12-9-13-36(31-35)58-62-59(45-20-10-18-43-40-15-2-6-23-50(40)65-55(43)45)64-60(63-58)46-21-11-19-44-41-16-3-7-24-51(41)66-56(44)46/h1-25,31-34,37-38H,26-30H2. The average molecular weight is 864 g/mol. The minimum atomic E-state index is -0.0815. The number of fused-ring (bicyclic) bond motifs is 12. The van der Waals surface area contributed by atoms with Crippen molar-refractivity contribution in [1.82, 2.24) is 15.0 Å². The molecule has 5 aliphatic carbocycles. The molecule has 67 heavy (non-hydrogen) atoms. The van der Waals surface area contributed by atoms with Crippen LogP contribution in [0.25, 0.3) is 122 Å². The van der Waals surface area contributed by atoms with Crippen LogP contribution in [0.5, 0.6) is 0 Å². The van der Waals surface area contributed by atoms with Crippen LogP contribution < -0.4 is 0 Å². The molecular formula is C61H41N3O3. The topological polar surface area (TPSA) is 78.1 Å². The summed E-state index contributed by atoms with van der Waals surface area (Å²) in [5.74, 6) is 4.47. The summed E-state index contributed by atoms with van der Waals surface area (Å²) in [7, 11) is 0. The molecule has 318 valence electrons. The van der Waals surface area contributed by atoms with Crippen molar-refractivity contribution < 1.29 is 13.3 Å². The quantitative estimate of drug-likeness (QED) is 0.175. The molecule has 6 heteroatoms. The molecule has 4 aromatic heterocycles. The summed E-state index contributed by atoms with van der Waals surface area (Å²) in [6.45, 7) is 0. The lowest BCUT2D eigenvalue weighted by molar-refractivity contribution is -0.0397. The Kier molecular flexibility index (Phi) is 7.15. The van der Waals surface area contributed by atoms with Crippen molar-refractivity contribution in [1.29, 1.82) is 0 Å². The molecule has 5 aliphatic rings. The smallest absolute Gasteiger partial charge is 0.167 e. The summed E-state index contributed by atoms with van der Waals surface area (Å²) >= 11 is 0. The number of para-hydroxylation sites is 5. The van der Waals surface area contributed by atoms with Crippen LogP contribution in [0.3, 0.4) is 0 Å². The van der Waals surface area contributed by atoms with Gasteiger partial charge >= 0.3 is 0 Å². The molecule has 0 saturated heterocycles. The lowest BCUT2D eigenvalue weighted by Crippen LogP contribution is -2.55. The highest BCUT2D eigenvalue weighted by molar-refractivity contribution is 6.15. The fraction of sp³-hybridized carbons (Fsp3) is 0.164. The number of aromatic nitrogens is 3. The maximum Gasteiger partial charge on any atom is 0.167 e. The molecule has 0 radical (unpaired) electrons. The highest BCUT2D eigenvalue weighted by atomic mass is 16.3. The van der Waals surface area contributed by atoms with Crippen molar-refractivity contribution >= 4 is 65.8 Å². The van der Waals surface area contributed by atoms with E-state index in [-0.39, 0.29) is 5.41 Å². The van der Waals surface area contributed by atoms with Gasteiger partial charge in [0.05, 0.1) is 11.1 Å². The van der Waals surface area contributed by atoms with Gasteiger partial charge in [0.15, 0.2) is 17.5 Å². The Hall–Kier alpha value is -7.83. The summed E-state index contributed by atoms with van der Waals surface area (Å²) < 4.78 is 20.4. The van der Waals surface area contributed by atoms with E-state index in [4.69, 9.17) is 28.2 Å². The van der Waals surface area contributed by atoms with Crippen LogP contribution in [-0.4, -0.2) is 15.0 Å². The fourth-order valence-corrected chi connectivity index (χ4v) is 14.2. The maximum absolute atomic E-state index is 7.12. The summed E-state index contributed by atoms with van der Waals surface area (Å²) in [4.78, 5) is 16.1. The van der Waals surface area contributed by atoms with E-state index >= 15 is 0 Å². The van der Waals surface area contributed by atoms with Gasteiger partial charge in [-0.1, -0.05) is 121 Å². The Balaban J connectivity index is 0.965. The normalized spacial score (nSPS) is 21.5. The Morgan fingerprint density at radius 3 is 1.48 bits per heavy atom. The van der Waals surface area contributed by atoms with Crippen LogP contribution in [0.2, 0.25) is 0 Å². The summed E-state index contributed by atoms with van der Waals surface area (Å²) in [6.07, 6.45) is 6.59. The fourth-order valence-electron chi connectivity index (χ4n) is 14.2. The molecular weight excluding hydrogens is 823 g/mol. The van der Waals surface area contributed by atoms with E-state index in [0.29, 0.717) is 29.3 Å². The number of hydrogen-bond donors (Lipinski definition) is 0. The van der Waals surface area contributed by atoms with Gasteiger partial charge in [-0.15, -0.1) is 0 Å². The second kappa shape index (κ2) is 13.2. The van der Waals surface area contributed by atoms with Crippen molar-refractivity contribution in [3.05, 3.63) is 175 Å². The van der Waals surface area contributed by atoms with Gasteiger partial charge in [-0.3, -0.25) is 0 Å². The third-order valence-electron chi connectivity index (χ3n) is 16.5. The van der Waals surface area contributed by atoms with Crippen molar-refractivity contribution in [2.75, 3.05) is 0 Å². The van der Waals surface area contributed by atoms with E-state index < -0.39 is 0 Å². The predicted octanol–water partition coefficient (Wildman–Crippen LogP) is 16.0. The first-order valence-electron chi connectivity index (χ1n) is 23.9. The number of furan rings is 3. The van der Waals surface area contributed by atoms with Gasteiger partial charge in [-0.25, -0.2) is 15.0 Å². The third kappa shape index (κ3) is 4.87. The predicted molar refractivity (Wildman–Crippen MR) is 267 cm³/mol. The van der Waals surface area contributed by atoms with Crippen LogP contribution in [0.15, 0.2) is 177 Å². The number of hydrogen-bond acceptors (Lipinski definition) is 6. The first kappa shape index (κ1) is 36.4. The molecule has 4 fully saturated rings. The van der Waals surface area contributed by atoms with E-state index in [1.54, 1.807) is 0 Å². The Bertz CT molecular complexity index is 3930. The molecule has 12 aromatic rings. The van der Waals surface area contributed by atoms with Crippen LogP contribution in [0.1, 0.15) is 43.2 Å². The Labute approximate surface area is 384 Å². The van der Waals surface area contributed by atoms with Crippen molar-refractivity contribution in [3.8, 4) is 56.4 Å². The summed E-state index contributed by atoms with van der Waals surface area (Å²) in [5, 5.41) is 6.45. The Morgan fingerprint density at radius 2 is 0.851 bits per heavy atom. The number of benzene rings is 8. The lowest BCUT2D eigenvalue weighted by atomic mass is 9.42. The molecule has 1 spiro atoms. The van der Waals surface area contributed by atoms with Gasteiger partial charge < -0.3 is 13.3 Å². The molecule has 4 bridgehead atoms. The first-order valence-corrected chi connectivity index (χ1v) is 23.9. The van der Waals surface area contributed by atoms with Gasteiger partial charge in [0.1, 0.15) is 33.5 Å². The summed E-state index contributed by atoms with van der Waals surface area (Å²) in [6, 6.07) is 58.1. The second-order valence-corrected chi connectivity index (χ2v) is 19.8. The first-order chi connectivity index (χ1) is 33.2. The van der Waals surface area contributed by atoms with Crippen LogP contribution in [0, 0.1) is 23.7 Å². The van der Waals surface area contributed by atoms with Crippen molar-refractivity contribution in [3.63, 3.8) is 0 Å². The van der Waals surface area contributed by atoms with E-state index in [9.17, 15) is 0 Å². The van der Waals surface area contributed by atoms with Crippen LogP contribution in [0.4, 0.5) is 0 Å². The Morgan fingerprint density at radius 1 is 0.373 bits per heavy atom. The highest BCUT2D eigenvalue weighted by Gasteiger charge is 2.62. The molecule has 6 nitrogen and oxygen atoms in total. The molecule has 0 N–H and O–H groups in total. The van der Waals surface area contributed by atoms with Crippen LogP contribution in [-0.2, 0) is 5.41 Å². The molecule has 0 atom stereocenters. The van der Waals surface area contributed by atoms with Gasteiger partial charge in [-0.05, 0) is 126 Å². The number of rotatable bonds is 4. The molecule has 0 amide bonds. The van der Waals surface area contributed by atoms with E-state index in [1.807, 2.05) is 24.3 Å². The SMILES string of the molecule is c1cc(-c2nc(-c3cccc4c3oc3ccccc34)nc(-c3cccc4c3oc3ccccc34)n2)cc(-c2c3c(cc4c2oc2ccccc24)-c2ccccc2C32C3CC4CC(C3)CC2C4)c1. The molecule has 0 aliphatic heterocycles. The van der Waals surface area contributed by atoms with Crippen LogP contribution >= 0.6 is 0 Å². The van der Waals surface area contributed by atoms with Gasteiger partial charge in [0.2, 0.25) is 0 Å². The van der Waals surface area contributed by atoms with Crippen molar-refractivity contribution in [2.24, 2.45) is 23.7 Å². The molecule has 4 saturated carbocycles. The van der Waals surface area contributed by atoms with E-state index in [1.165, 1.54) is 59.9 Å². The average Bonchev–Trinajstić information content (AvgIpc) is 4.13. The zero-order chi connectivity index (χ0) is 43.5.